The van der Waals surface area contributed by atoms with E-state index in [1.807, 2.05) is 6.92 Å². The molecule has 0 saturated carbocycles. The maximum Gasteiger partial charge on any atom is 0.345 e. The van der Waals surface area contributed by atoms with Crippen LogP contribution in [0.2, 0.25) is 0 Å². The highest BCUT2D eigenvalue weighted by Crippen LogP contribution is 2.24. The number of rotatable bonds is 8. The minimum atomic E-state index is -3.64. The van der Waals surface area contributed by atoms with Crippen LogP contribution in [0.4, 0.5) is 0 Å². The van der Waals surface area contributed by atoms with Gasteiger partial charge in [-0.3, -0.25) is 0 Å². The van der Waals surface area contributed by atoms with Crippen molar-refractivity contribution in [2.24, 2.45) is 0 Å². The number of hydrogen-bond acceptors (Lipinski definition) is 5. The first kappa shape index (κ1) is 16.1. The van der Waals surface area contributed by atoms with Crippen molar-refractivity contribution in [3.63, 3.8) is 0 Å². The SMILES string of the molecule is CCOCCN(CC)S(=O)(=O)c1ccc(C(=O)O)s1. The highest BCUT2D eigenvalue weighted by atomic mass is 32.2. The van der Waals surface area contributed by atoms with Crippen LogP contribution >= 0.6 is 11.3 Å². The molecule has 1 aromatic heterocycles. The van der Waals surface area contributed by atoms with E-state index in [0.717, 1.165) is 11.3 Å². The van der Waals surface area contributed by atoms with Gasteiger partial charge in [-0.05, 0) is 19.1 Å². The Labute approximate surface area is 116 Å². The Morgan fingerprint density at radius 1 is 1.42 bits per heavy atom. The fraction of sp³-hybridized carbons (Fsp3) is 0.545. The van der Waals surface area contributed by atoms with E-state index in [1.54, 1.807) is 6.92 Å². The largest absolute Gasteiger partial charge is 0.477 e. The van der Waals surface area contributed by atoms with Gasteiger partial charge in [-0.1, -0.05) is 6.92 Å². The van der Waals surface area contributed by atoms with Gasteiger partial charge in [-0.15, -0.1) is 11.3 Å². The molecule has 19 heavy (non-hydrogen) atoms. The van der Waals surface area contributed by atoms with Gasteiger partial charge in [-0.25, -0.2) is 13.2 Å². The summed E-state index contributed by atoms with van der Waals surface area (Å²) in [6, 6.07) is 2.63. The summed E-state index contributed by atoms with van der Waals surface area (Å²) in [4.78, 5) is 10.8. The molecule has 6 nitrogen and oxygen atoms in total. The zero-order chi connectivity index (χ0) is 14.5. The summed E-state index contributed by atoms with van der Waals surface area (Å²) in [6.07, 6.45) is 0. The van der Waals surface area contributed by atoms with Crippen molar-refractivity contribution in [3.05, 3.63) is 17.0 Å². The molecule has 0 radical (unpaired) electrons. The zero-order valence-corrected chi connectivity index (χ0v) is 12.5. The molecule has 1 aromatic rings. The van der Waals surface area contributed by atoms with E-state index in [4.69, 9.17) is 9.84 Å². The van der Waals surface area contributed by atoms with Crippen LogP contribution in [-0.2, 0) is 14.8 Å². The van der Waals surface area contributed by atoms with Crippen LogP contribution in [-0.4, -0.2) is 50.1 Å². The number of thiophene rings is 1. The summed E-state index contributed by atoms with van der Waals surface area (Å²) in [7, 11) is -3.64. The molecule has 0 aliphatic heterocycles. The summed E-state index contributed by atoms with van der Waals surface area (Å²) in [5.74, 6) is -1.12. The third-order valence-corrected chi connectivity index (χ3v) is 5.94. The van der Waals surface area contributed by atoms with Crippen LogP contribution in [0.25, 0.3) is 0 Å². The smallest absolute Gasteiger partial charge is 0.345 e. The van der Waals surface area contributed by atoms with Gasteiger partial charge in [0.2, 0.25) is 0 Å². The van der Waals surface area contributed by atoms with E-state index in [1.165, 1.54) is 16.4 Å². The lowest BCUT2D eigenvalue weighted by molar-refractivity contribution is 0.0702. The average Bonchev–Trinajstić information content (AvgIpc) is 2.84. The van der Waals surface area contributed by atoms with Crippen LogP contribution < -0.4 is 0 Å². The van der Waals surface area contributed by atoms with Gasteiger partial charge in [0.1, 0.15) is 9.09 Å². The lowest BCUT2D eigenvalue weighted by atomic mass is 10.5. The first-order valence-electron chi connectivity index (χ1n) is 5.84. The number of likely N-dealkylation sites (N-methyl/N-ethyl adjacent to an activating group) is 1. The van der Waals surface area contributed by atoms with Crippen molar-refractivity contribution in [3.8, 4) is 0 Å². The molecule has 1 rings (SSSR count). The molecular formula is C11H17NO5S2. The average molecular weight is 307 g/mol. The van der Waals surface area contributed by atoms with Gasteiger partial charge in [0, 0.05) is 19.7 Å². The molecule has 0 aliphatic carbocycles. The monoisotopic (exact) mass is 307 g/mol. The van der Waals surface area contributed by atoms with Gasteiger partial charge < -0.3 is 9.84 Å². The van der Waals surface area contributed by atoms with Crippen molar-refractivity contribution in [2.45, 2.75) is 18.1 Å². The second-order valence-corrected chi connectivity index (χ2v) is 6.87. The Bertz CT molecular complexity index is 523. The Kier molecular flexibility index (Phi) is 5.92. The highest BCUT2D eigenvalue weighted by Gasteiger charge is 2.25. The lowest BCUT2D eigenvalue weighted by Crippen LogP contribution is -2.33. The third-order valence-electron chi connectivity index (χ3n) is 2.43. The second-order valence-electron chi connectivity index (χ2n) is 3.62. The standard InChI is InChI=1S/C11H17NO5S2/c1-3-12(7-8-17-4-2)19(15,16)10-6-5-9(18-10)11(13)14/h5-6H,3-4,7-8H2,1-2H3,(H,13,14). The van der Waals surface area contributed by atoms with Crippen molar-refractivity contribution in [1.82, 2.24) is 4.31 Å². The topological polar surface area (TPSA) is 83.9 Å². The Morgan fingerprint density at radius 3 is 2.58 bits per heavy atom. The summed E-state index contributed by atoms with van der Waals surface area (Å²) < 4.78 is 31.0. The predicted molar refractivity (Wildman–Crippen MR) is 72.2 cm³/mol. The summed E-state index contributed by atoms with van der Waals surface area (Å²) in [5, 5.41) is 8.82. The third kappa shape index (κ3) is 4.00. The van der Waals surface area contributed by atoms with E-state index in [0.29, 0.717) is 19.8 Å². The van der Waals surface area contributed by atoms with Crippen molar-refractivity contribution < 1.29 is 23.1 Å². The van der Waals surface area contributed by atoms with Crippen LogP contribution in [0.3, 0.4) is 0 Å². The molecule has 0 unspecified atom stereocenters. The number of aromatic carboxylic acids is 1. The molecule has 0 spiro atoms. The molecule has 0 saturated heterocycles. The number of carbonyl (C=O) groups is 1. The fourth-order valence-corrected chi connectivity index (χ4v) is 4.19. The van der Waals surface area contributed by atoms with Crippen molar-refractivity contribution in [1.29, 1.82) is 0 Å². The first-order chi connectivity index (χ1) is 8.93. The molecule has 1 heterocycles. The quantitative estimate of drug-likeness (QED) is 0.736. The Balaban J connectivity index is 2.89. The number of carboxylic acid groups (broad SMARTS) is 1. The number of carboxylic acids is 1. The number of sulfonamides is 1. The molecule has 0 aromatic carbocycles. The first-order valence-corrected chi connectivity index (χ1v) is 8.10. The predicted octanol–water partition coefficient (Wildman–Crippen LogP) is 1.49. The van der Waals surface area contributed by atoms with Crippen LogP contribution in [0.1, 0.15) is 23.5 Å². The summed E-state index contributed by atoms with van der Waals surface area (Å²) >= 11 is 0.761. The van der Waals surface area contributed by atoms with Crippen LogP contribution in [0.15, 0.2) is 16.3 Å². The van der Waals surface area contributed by atoms with Gasteiger partial charge >= 0.3 is 5.97 Å². The highest BCUT2D eigenvalue weighted by molar-refractivity contribution is 7.91. The van der Waals surface area contributed by atoms with E-state index in [-0.39, 0.29) is 15.6 Å². The van der Waals surface area contributed by atoms with Crippen molar-refractivity contribution in [2.75, 3.05) is 26.3 Å². The van der Waals surface area contributed by atoms with Gasteiger partial charge in [0.15, 0.2) is 0 Å². The van der Waals surface area contributed by atoms with E-state index in [2.05, 4.69) is 0 Å². The van der Waals surface area contributed by atoms with E-state index >= 15 is 0 Å². The van der Waals surface area contributed by atoms with Crippen LogP contribution in [0, 0.1) is 0 Å². The summed E-state index contributed by atoms with van der Waals surface area (Å²) in [5.41, 5.74) is 0. The maximum atomic E-state index is 12.3. The van der Waals surface area contributed by atoms with E-state index in [9.17, 15) is 13.2 Å². The van der Waals surface area contributed by atoms with Gasteiger partial charge in [0.05, 0.1) is 6.61 Å². The number of ether oxygens (including phenoxy) is 1. The van der Waals surface area contributed by atoms with Crippen molar-refractivity contribution >= 4 is 27.3 Å². The Morgan fingerprint density at radius 2 is 2.11 bits per heavy atom. The van der Waals surface area contributed by atoms with Gasteiger partial charge in [0.25, 0.3) is 10.0 Å². The zero-order valence-electron chi connectivity index (χ0n) is 10.8. The minimum Gasteiger partial charge on any atom is -0.477 e. The molecule has 1 N–H and O–H groups in total. The molecular weight excluding hydrogens is 290 g/mol. The van der Waals surface area contributed by atoms with E-state index < -0.39 is 16.0 Å². The molecule has 8 heteroatoms. The maximum absolute atomic E-state index is 12.3. The molecule has 0 amide bonds. The fourth-order valence-electron chi connectivity index (χ4n) is 1.46. The van der Waals surface area contributed by atoms with Gasteiger partial charge in [-0.2, -0.15) is 4.31 Å². The normalized spacial score (nSPS) is 11.9. The Hall–Kier alpha value is -0.960. The molecule has 0 aliphatic rings. The summed E-state index contributed by atoms with van der Waals surface area (Å²) in [6.45, 7) is 4.99. The second kappa shape index (κ2) is 6.99. The molecule has 108 valence electrons. The van der Waals surface area contributed by atoms with Crippen LogP contribution in [0.5, 0.6) is 0 Å². The minimum absolute atomic E-state index is 0.0134. The molecule has 0 atom stereocenters. The lowest BCUT2D eigenvalue weighted by Gasteiger charge is -2.19. The number of nitrogens with zero attached hydrogens (tertiary/aromatic N) is 1. The molecule has 0 bridgehead atoms. The number of hydrogen-bond donors (Lipinski definition) is 1. The molecule has 0 fully saturated rings.